The second-order valence-corrected chi connectivity index (χ2v) is 6.84. The Morgan fingerprint density at radius 3 is 2.08 bits per heavy atom. The van der Waals surface area contributed by atoms with E-state index in [1.54, 1.807) is 13.8 Å². The summed E-state index contributed by atoms with van der Waals surface area (Å²) in [6.45, 7) is 6.77. The fraction of sp³-hybridized carbons (Fsp3) is 0.619. The average Bonchev–Trinajstić information content (AvgIpc) is 2.67. The minimum Gasteiger partial charge on any atom is -0.465 e. The standard InChI is InChI=1S/C21H31NO4/c1-3-25-19(23)21(20(24)26-4-2,17-18-11-7-5-8-12-18)13-16-22-14-9-6-10-15-22/h5,7-8,11-12H,3-4,6,9-10,13-17H2,1-2H3. The molecule has 0 radical (unpaired) electrons. The first kappa shape index (κ1) is 20.4. The number of benzene rings is 1. The van der Waals surface area contributed by atoms with Crippen LogP contribution in [-0.4, -0.2) is 49.7 Å². The predicted octanol–water partition coefficient (Wildman–Crippen LogP) is 3.22. The fourth-order valence-electron chi connectivity index (χ4n) is 3.53. The van der Waals surface area contributed by atoms with Gasteiger partial charge in [-0.2, -0.15) is 0 Å². The van der Waals surface area contributed by atoms with E-state index in [0.29, 0.717) is 19.4 Å². The summed E-state index contributed by atoms with van der Waals surface area (Å²) in [7, 11) is 0. The van der Waals surface area contributed by atoms with Crippen LogP contribution in [0.25, 0.3) is 0 Å². The number of hydrogen-bond donors (Lipinski definition) is 0. The lowest BCUT2D eigenvalue weighted by molar-refractivity contribution is -0.173. The predicted molar refractivity (Wildman–Crippen MR) is 101 cm³/mol. The molecule has 5 heteroatoms. The molecular formula is C21H31NO4. The van der Waals surface area contributed by atoms with E-state index >= 15 is 0 Å². The summed E-state index contributed by atoms with van der Waals surface area (Å²) in [4.78, 5) is 28.2. The first-order chi connectivity index (χ1) is 12.6. The Morgan fingerprint density at radius 1 is 0.962 bits per heavy atom. The zero-order chi connectivity index (χ0) is 18.8. The van der Waals surface area contributed by atoms with Crippen LogP contribution in [-0.2, 0) is 25.5 Å². The first-order valence-electron chi connectivity index (χ1n) is 9.73. The van der Waals surface area contributed by atoms with Gasteiger partial charge in [-0.15, -0.1) is 0 Å². The van der Waals surface area contributed by atoms with Crippen LogP contribution >= 0.6 is 0 Å². The summed E-state index contributed by atoms with van der Waals surface area (Å²) in [5.41, 5.74) is -0.350. The van der Waals surface area contributed by atoms with E-state index in [0.717, 1.165) is 18.7 Å². The van der Waals surface area contributed by atoms with E-state index in [1.807, 2.05) is 30.3 Å². The SMILES string of the molecule is CCOC(=O)C(CCN1CCCCC1)(Cc1ccccc1)C(=O)OCC. The summed E-state index contributed by atoms with van der Waals surface area (Å²) in [5.74, 6) is -0.946. The molecule has 1 heterocycles. The number of nitrogens with zero attached hydrogens (tertiary/aromatic N) is 1. The molecule has 1 aromatic rings. The molecule has 0 saturated carbocycles. The molecule has 0 unspecified atom stereocenters. The van der Waals surface area contributed by atoms with Gasteiger partial charge in [-0.25, -0.2) is 0 Å². The van der Waals surface area contributed by atoms with Crippen LogP contribution in [0.2, 0.25) is 0 Å². The Balaban J connectivity index is 2.27. The molecule has 5 nitrogen and oxygen atoms in total. The molecule has 0 N–H and O–H groups in total. The average molecular weight is 361 g/mol. The van der Waals surface area contributed by atoms with E-state index in [1.165, 1.54) is 19.3 Å². The van der Waals surface area contributed by atoms with Gasteiger partial charge in [-0.05, 0) is 64.7 Å². The van der Waals surface area contributed by atoms with Crippen LogP contribution in [0.4, 0.5) is 0 Å². The van der Waals surface area contributed by atoms with Crippen LogP contribution in [0.5, 0.6) is 0 Å². The number of carbonyl (C=O) groups excluding carboxylic acids is 2. The molecule has 0 amide bonds. The Hall–Kier alpha value is -1.88. The van der Waals surface area contributed by atoms with Gasteiger partial charge in [0.2, 0.25) is 0 Å². The molecule has 1 saturated heterocycles. The van der Waals surface area contributed by atoms with Crippen molar-refractivity contribution in [3.05, 3.63) is 35.9 Å². The summed E-state index contributed by atoms with van der Waals surface area (Å²) in [6, 6.07) is 9.64. The Labute approximate surface area is 156 Å². The fourth-order valence-corrected chi connectivity index (χ4v) is 3.53. The van der Waals surface area contributed by atoms with Crippen LogP contribution < -0.4 is 0 Å². The summed E-state index contributed by atoms with van der Waals surface area (Å²) in [5, 5.41) is 0. The zero-order valence-electron chi connectivity index (χ0n) is 16.0. The highest BCUT2D eigenvalue weighted by Gasteiger charge is 2.48. The molecule has 0 bridgehead atoms. The maximum atomic E-state index is 12.9. The van der Waals surface area contributed by atoms with E-state index in [-0.39, 0.29) is 13.2 Å². The molecular weight excluding hydrogens is 330 g/mol. The van der Waals surface area contributed by atoms with Gasteiger partial charge in [0.25, 0.3) is 0 Å². The summed E-state index contributed by atoms with van der Waals surface area (Å²) in [6.07, 6.45) is 4.31. The minimum absolute atomic E-state index is 0.249. The van der Waals surface area contributed by atoms with Gasteiger partial charge < -0.3 is 14.4 Å². The second-order valence-electron chi connectivity index (χ2n) is 6.84. The topological polar surface area (TPSA) is 55.8 Å². The number of rotatable bonds is 9. The first-order valence-corrected chi connectivity index (χ1v) is 9.73. The van der Waals surface area contributed by atoms with Gasteiger partial charge in [0, 0.05) is 0 Å². The number of ether oxygens (including phenoxy) is 2. The summed E-state index contributed by atoms with van der Waals surface area (Å²) < 4.78 is 10.7. The number of hydrogen-bond acceptors (Lipinski definition) is 5. The van der Waals surface area contributed by atoms with Gasteiger partial charge in [-0.1, -0.05) is 36.8 Å². The van der Waals surface area contributed by atoms with Crippen molar-refractivity contribution in [1.29, 1.82) is 0 Å². The molecule has 144 valence electrons. The van der Waals surface area contributed by atoms with Crippen molar-refractivity contribution in [3.8, 4) is 0 Å². The van der Waals surface area contributed by atoms with Crippen molar-refractivity contribution in [2.75, 3.05) is 32.8 Å². The monoisotopic (exact) mass is 361 g/mol. The highest BCUT2D eigenvalue weighted by atomic mass is 16.6. The maximum Gasteiger partial charge on any atom is 0.323 e. The molecule has 1 fully saturated rings. The van der Waals surface area contributed by atoms with Crippen molar-refractivity contribution < 1.29 is 19.1 Å². The summed E-state index contributed by atoms with van der Waals surface area (Å²) >= 11 is 0. The number of esters is 2. The van der Waals surface area contributed by atoms with Crippen LogP contribution in [0.3, 0.4) is 0 Å². The third-order valence-electron chi connectivity index (χ3n) is 4.98. The van der Waals surface area contributed by atoms with Gasteiger partial charge in [0.1, 0.15) is 0 Å². The van der Waals surface area contributed by atoms with Crippen molar-refractivity contribution in [1.82, 2.24) is 4.90 Å². The smallest absolute Gasteiger partial charge is 0.323 e. The molecule has 1 aliphatic rings. The molecule has 0 atom stereocenters. The lowest BCUT2D eigenvalue weighted by atomic mass is 9.78. The van der Waals surface area contributed by atoms with E-state index in [2.05, 4.69) is 4.90 Å². The number of likely N-dealkylation sites (tertiary alicyclic amines) is 1. The Bertz CT molecular complexity index is 549. The zero-order valence-corrected chi connectivity index (χ0v) is 16.0. The molecule has 0 aromatic heterocycles. The molecule has 1 aliphatic heterocycles. The highest BCUT2D eigenvalue weighted by Crippen LogP contribution is 2.32. The number of carbonyl (C=O) groups is 2. The normalized spacial score (nSPS) is 15.5. The Kier molecular flexibility index (Phi) is 8.10. The molecule has 2 rings (SSSR count). The molecule has 1 aromatic carbocycles. The van der Waals surface area contributed by atoms with Crippen molar-refractivity contribution in [2.45, 2.75) is 46.0 Å². The second kappa shape index (κ2) is 10.3. The van der Waals surface area contributed by atoms with Crippen molar-refractivity contribution in [2.24, 2.45) is 5.41 Å². The van der Waals surface area contributed by atoms with E-state index in [4.69, 9.17) is 9.47 Å². The van der Waals surface area contributed by atoms with E-state index < -0.39 is 17.4 Å². The lowest BCUT2D eigenvalue weighted by Gasteiger charge is -2.33. The third-order valence-corrected chi connectivity index (χ3v) is 4.98. The van der Waals surface area contributed by atoms with Crippen molar-refractivity contribution in [3.63, 3.8) is 0 Å². The number of piperidine rings is 1. The van der Waals surface area contributed by atoms with Crippen LogP contribution in [0.1, 0.15) is 45.1 Å². The quantitative estimate of drug-likeness (QED) is 0.499. The minimum atomic E-state index is -1.29. The molecule has 0 aliphatic carbocycles. The Morgan fingerprint density at radius 2 is 1.54 bits per heavy atom. The van der Waals surface area contributed by atoms with Crippen LogP contribution in [0, 0.1) is 5.41 Å². The van der Waals surface area contributed by atoms with Gasteiger partial charge in [0.05, 0.1) is 13.2 Å². The van der Waals surface area contributed by atoms with Crippen molar-refractivity contribution >= 4 is 11.9 Å². The highest BCUT2D eigenvalue weighted by molar-refractivity contribution is 6.00. The lowest BCUT2D eigenvalue weighted by Crippen LogP contribution is -2.46. The maximum absolute atomic E-state index is 12.9. The largest absolute Gasteiger partial charge is 0.465 e. The van der Waals surface area contributed by atoms with Gasteiger partial charge in [-0.3, -0.25) is 9.59 Å². The van der Waals surface area contributed by atoms with Crippen LogP contribution in [0.15, 0.2) is 30.3 Å². The third kappa shape index (κ3) is 5.31. The van der Waals surface area contributed by atoms with E-state index in [9.17, 15) is 9.59 Å². The van der Waals surface area contributed by atoms with Gasteiger partial charge >= 0.3 is 11.9 Å². The molecule has 0 spiro atoms. The van der Waals surface area contributed by atoms with Gasteiger partial charge in [0.15, 0.2) is 5.41 Å². The molecule has 26 heavy (non-hydrogen) atoms.